The highest BCUT2D eigenvalue weighted by Gasteiger charge is 2.18. The Labute approximate surface area is 163 Å². The van der Waals surface area contributed by atoms with E-state index in [-0.39, 0.29) is 28.6 Å². The van der Waals surface area contributed by atoms with Gasteiger partial charge in [-0.25, -0.2) is 13.2 Å². The first-order valence-corrected chi connectivity index (χ1v) is 9.99. The van der Waals surface area contributed by atoms with Gasteiger partial charge in [0, 0.05) is 13.1 Å². The molecule has 0 saturated heterocycles. The Balaban J connectivity index is 1.77. The van der Waals surface area contributed by atoms with Crippen molar-refractivity contribution in [1.29, 1.82) is 0 Å². The van der Waals surface area contributed by atoms with Crippen LogP contribution in [0.1, 0.15) is 11.1 Å². The van der Waals surface area contributed by atoms with Crippen LogP contribution in [0.5, 0.6) is 5.75 Å². The Morgan fingerprint density at radius 3 is 1.71 bits per heavy atom. The second-order valence-corrected chi connectivity index (χ2v) is 8.22. The standard InChI is InChI=1S/C21H19NO5S/c23-18-8-12-20(13-9-18)28(26,27)19-10-6-17(7-11-19)15-22(21(24)25)14-16-4-2-1-3-5-16/h1-13,23H,14-15H2,(H,24,25). The number of hydrogen-bond acceptors (Lipinski definition) is 4. The van der Waals surface area contributed by atoms with Crippen molar-refractivity contribution in [2.45, 2.75) is 22.9 Å². The van der Waals surface area contributed by atoms with Crippen LogP contribution in [0.4, 0.5) is 4.79 Å². The summed E-state index contributed by atoms with van der Waals surface area (Å²) in [6, 6.07) is 20.7. The molecule has 0 heterocycles. The molecule has 6 nitrogen and oxygen atoms in total. The zero-order chi connectivity index (χ0) is 20.1. The number of rotatable bonds is 6. The molecule has 0 fully saturated rings. The summed E-state index contributed by atoms with van der Waals surface area (Å²) in [5, 5.41) is 18.8. The number of carboxylic acid groups (broad SMARTS) is 1. The predicted octanol–water partition coefficient (Wildman–Crippen LogP) is 3.91. The minimum atomic E-state index is -3.71. The zero-order valence-electron chi connectivity index (χ0n) is 14.9. The fourth-order valence-electron chi connectivity index (χ4n) is 2.75. The van der Waals surface area contributed by atoms with Crippen molar-refractivity contribution in [1.82, 2.24) is 4.90 Å². The van der Waals surface area contributed by atoms with Crippen LogP contribution in [0, 0.1) is 0 Å². The van der Waals surface area contributed by atoms with Gasteiger partial charge in [-0.2, -0.15) is 0 Å². The summed E-state index contributed by atoms with van der Waals surface area (Å²) in [7, 11) is -3.71. The lowest BCUT2D eigenvalue weighted by atomic mass is 10.2. The lowest BCUT2D eigenvalue weighted by Crippen LogP contribution is -2.28. The van der Waals surface area contributed by atoms with E-state index in [4.69, 9.17) is 0 Å². The largest absolute Gasteiger partial charge is 0.508 e. The number of hydrogen-bond donors (Lipinski definition) is 2. The van der Waals surface area contributed by atoms with Gasteiger partial charge in [-0.05, 0) is 47.5 Å². The molecule has 0 spiro atoms. The normalized spacial score (nSPS) is 11.1. The van der Waals surface area contributed by atoms with Gasteiger partial charge in [-0.3, -0.25) is 4.90 Å². The van der Waals surface area contributed by atoms with Crippen molar-refractivity contribution in [2.75, 3.05) is 0 Å². The third kappa shape index (κ3) is 4.50. The number of carbonyl (C=O) groups is 1. The van der Waals surface area contributed by atoms with Crippen molar-refractivity contribution in [3.63, 3.8) is 0 Å². The van der Waals surface area contributed by atoms with Crippen LogP contribution in [-0.2, 0) is 22.9 Å². The van der Waals surface area contributed by atoms with Gasteiger partial charge in [0.25, 0.3) is 0 Å². The molecule has 0 unspecified atom stereocenters. The Hall–Kier alpha value is -3.32. The van der Waals surface area contributed by atoms with E-state index in [0.29, 0.717) is 5.56 Å². The summed E-state index contributed by atoms with van der Waals surface area (Å²) in [6.07, 6.45) is -1.05. The number of phenolic OH excluding ortho intramolecular Hbond substituents is 1. The fourth-order valence-corrected chi connectivity index (χ4v) is 4.01. The van der Waals surface area contributed by atoms with Crippen molar-refractivity contribution in [3.05, 3.63) is 90.0 Å². The van der Waals surface area contributed by atoms with Crippen LogP contribution in [0.3, 0.4) is 0 Å². The summed E-state index contributed by atoms with van der Waals surface area (Å²) in [5.74, 6) is -0.0125. The van der Waals surface area contributed by atoms with Crippen LogP contribution in [-0.4, -0.2) is 29.6 Å². The summed E-state index contributed by atoms with van der Waals surface area (Å²) < 4.78 is 25.3. The van der Waals surface area contributed by atoms with Gasteiger partial charge in [-0.15, -0.1) is 0 Å². The number of phenols is 1. The average Bonchev–Trinajstić information content (AvgIpc) is 2.69. The van der Waals surface area contributed by atoms with Crippen LogP contribution in [0.25, 0.3) is 0 Å². The SMILES string of the molecule is O=C(O)N(Cc1ccccc1)Cc1ccc(S(=O)(=O)c2ccc(O)cc2)cc1. The molecule has 7 heteroatoms. The highest BCUT2D eigenvalue weighted by molar-refractivity contribution is 7.91. The van der Waals surface area contributed by atoms with Gasteiger partial charge in [0.15, 0.2) is 0 Å². The smallest absolute Gasteiger partial charge is 0.407 e. The number of aromatic hydroxyl groups is 1. The topological polar surface area (TPSA) is 94.9 Å². The number of nitrogens with zero attached hydrogens (tertiary/aromatic N) is 1. The van der Waals surface area contributed by atoms with Crippen LogP contribution in [0.2, 0.25) is 0 Å². The number of sulfone groups is 1. The molecule has 0 saturated carbocycles. The first-order chi connectivity index (χ1) is 13.4. The third-order valence-corrected chi connectivity index (χ3v) is 6.03. The molecule has 1 amide bonds. The molecule has 2 N–H and O–H groups in total. The van der Waals surface area contributed by atoms with E-state index in [1.54, 1.807) is 12.1 Å². The number of amides is 1. The molecule has 0 aliphatic heterocycles. The maximum atomic E-state index is 12.6. The van der Waals surface area contributed by atoms with E-state index in [1.807, 2.05) is 30.3 Å². The summed E-state index contributed by atoms with van der Waals surface area (Å²) in [4.78, 5) is 13.0. The molecule has 0 radical (unpaired) electrons. The van der Waals surface area contributed by atoms with E-state index in [9.17, 15) is 23.4 Å². The second kappa shape index (κ2) is 8.14. The maximum Gasteiger partial charge on any atom is 0.407 e. The highest BCUT2D eigenvalue weighted by atomic mass is 32.2. The van der Waals surface area contributed by atoms with Crippen LogP contribution >= 0.6 is 0 Å². The van der Waals surface area contributed by atoms with E-state index in [1.165, 1.54) is 41.3 Å². The van der Waals surface area contributed by atoms with E-state index >= 15 is 0 Å². The molecule has 28 heavy (non-hydrogen) atoms. The minimum Gasteiger partial charge on any atom is -0.508 e. The molecule has 0 aliphatic carbocycles. The molecule has 3 rings (SSSR count). The number of benzene rings is 3. The van der Waals surface area contributed by atoms with Crippen LogP contribution < -0.4 is 0 Å². The Kier molecular flexibility index (Phi) is 5.65. The van der Waals surface area contributed by atoms with Gasteiger partial charge >= 0.3 is 6.09 Å². The first kappa shape index (κ1) is 19.4. The van der Waals surface area contributed by atoms with E-state index < -0.39 is 15.9 Å². The minimum absolute atomic E-state index is 0.0125. The van der Waals surface area contributed by atoms with Crippen molar-refractivity contribution in [3.8, 4) is 5.75 Å². The molecule has 0 aromatic heterocycles. The van der Waals surface area contributed by atoms with E-state index in [2.05, 4.69) is 0 Å². The van der Waals surface area contributed by atoms with Crippen molar-refractivity contribution >= 4 is 15.9 Å². The highest BCUT2D eigenvalue weighted by Crippen LogP contribution is 2.23. The molecular formula is C21H19NO5S. The first-order valence-electron chi connectivity index (χ1n) is 8.51. The zero-order valence-corrected chi connectivity index (χ0v) is 15.7. The lowest BCUT2D eigenvalue weighted by molar-refractivity contribution is 0.139. The second-order valence-electron chi connectivity index (χ2n) is 6.27. The monoisotopic (exact) mass is 397 g/mol. The molecule has 0 atom stereocenters. The Morgan fingerprint density at radius 1 is 0.750 bits per heavy atom. The Bertz CT molecular complexity index is 1050. The van der Waals surface area contributed by atoms with E-state index in [0.717, 1.165) is 5.56 Å². The Morgan fingerprint density at radius 2 is 1.21 bits per heavy atom. The average molecular weight is 397 g/mol. The van der Waals surface area contributed by atoms with Gasteiger partial charge in [0.2, 0.25) is 9.84 Å². The molecule has 144 valence electrons. The quantitative estimate of drug-likeness (QED) is 0.658. The maximum absolute atomic E-state index is 12.6. The third-order valence-electron chi connectivity index (χ3n) is 4.24. The van der Waals surface area contributed by atoms with Gasteiger partial charge < -0.3 is 10.2 Å². The fraction of sp³-hybridized carbons (Fsp3) is 0.0952. The summed E-state index contributed by atoms with van der Waals surface area (Å²) >= 11 is 0. The molecule has 3 aromatic rings. The molecule has 0 aliphatic rings. The van der Waals surface area contributed by atoms with Crippen LogP contribution in [0.15, 0.2) is 88.7 Å². The summed E-state index contributed by atoms with van der Waals surface area (Å²) in [6.45, 7) is 0.382. The predicted molar refractivity (Wildman–Crippen MR) is 104 cm³/mol. The molecular weight excluding hydrogens is 378 g/mol. The van der Waals surface area contributed by atoms with Crippen molar-refractivity contribution < 1.29 is 23.4 Å². The van der Waals surface area contributed by atoms with Crippen molar-refractivity contribution in [2.24, 2.45) is 0 Å². The van der Waals surface area contributed by atoms with Gasteiger partial charge in [-0.1, -0.05) is 42.5 Å². The lowest BCUT2D eigenvalue weighted by Gasteiger charge is -2.19. The molecule has 0 bridgehead atoms. The summed E-state index contributed by atoms with van der Waals surface area (Å²) in [5.41, 5.74) is 1.56. The van der Waals surface area contributed by atoms with Gasteiger partial charge in [0.05, 0.1) is 9.79 Å². The van der Waals surface area contributed by atoms with Gasteiger partial charge in [0.1, 0.15) is 5.75 Å². The molecule has 3 aromatic carbocycles.